The largest absolute Gasteiger partial charge is 0.516 e. The molecule has 2 N–H and O–H groups in total. The molecule has 0 aliphatic carbocycles. The maximum Gasteiger partial charge on any atom is 0.324 e. The number of phenols is 2. The van der Waals surface area contributed by atoms with Crippen molar-refractivity contribution in [2.24, 2.45) is 0 Å². The van der Waals surface area contributed by atoms with Crippen LogP contribution in [0.1, 0.15) is 31.1 Å². The molecular formula is C13H20O4Si. The van der Waals surface area contributed by atoms with Crippen LogP contribution < -0.4 is 0 Å². The van der Waals surface area contributed by atoms with E-state index < -0.39 is 14.3 Å². The fourth-order valence-corrected chi connectivity index (χ4v) is 1.98. The summed E-state index contributed by atoms with van der Waals surface area (Å²) < 4.78 is 5.59. The lowest BCUT2D eigenvalue weighted by atomic mass is 10.2. The van der Waals surface area contributed by atoms with Gasteiger partial charge in [0.15, 0.2) is 11.5 Å². The molecule has 0 fully saturated rings. The summed E-state index contributed by atoms with van der Waals surface area (Å²) in [7, 11) is -2.18. The van der Waals surface area contributed by atoms with Crippen LogP contribution in [0.4, 0.5) is 0 Å². The summed E-state index contributed by atoms with van der Waals surface area (Å²) in [4.78, 5) is 12.0. The topological polar surface area (TPSA) is 66.8 Å². The number of carbonyl (C=O) groups is 1. The Labute approximate surface area is 108 Å². The second-order valence-electron chi connectivity index (χ2n) is 5.85. The number of benzene rings is 1. The molecule has 18 heavy (non-hydrogen) atoms. The van der Waals surface area contributed by atoms with E-state index in [9.17, 15) is 15.0 Å². The minimum atomic E-state index is -2.18. The lowest BCUT2D eigenvalue weighted by Crippen LogP contribution is -2.42. The second kappa shape index (κ2) is 4.64. The molecule has 1 aromatic rings. The normalized spacial score (nSPS) is 12.3. The Hall–Kier alpha value is -1.49. The van der Waals surface area contributed by atoms with Gasteiger partial charge in [0.1, 0.15) is 0 Å². The van der Waals surface area contributed by atoms with Crippen molar-refractivity contribution in [3.05, 3.63) is 23.8 Å². The van der Waals surface area contributed by atoms with Crippen molar-refractivity contribution in [2.45, 2.75) is 38.9 Å². The van der Waals surface area contributed by atoms with E-state index in [1.54, 1.807) is 0 Å². The van der Waals surface area contributed by atoms with Crippen LogP contribution in [-0.2, 0) is 4.43 Å². The molecule has 0 spiro atoms. The summed E-state index contributed by atoms with van der Waals surface area (Å²) in [5, 5.41) is 18.5. The molecule has 0 radical (unpaired) electrons. The van der Waals surface area contributed by atoms with Gasteiger partial charge >= 0.3 is 5.97 Å². The number of phenolic OH excluding ortho intramolecular Hbond substituents is 2. The molecule has 0 atom stereocenters. The van der Waals surface area contributed by atoms with Crippen molar-refractivity contribution in [3.8, 4) is 11.5 Å². The molecule has 0 aliphatic heterocycles. The van der Waals surface area contributed by atoms with Crippen LogP contribution in [0.15, 0.2) is 18.2 Å². The van der Waals surface area contributed by atoms with Crippen molar-refractivity contribution < 1.29 is 19.4 Å². The van der Waals surface area contributed by atoms with Crippen molar-refractivity contribution >= 4 is 14.3 Å². The minimum Gasteiger partial charge on any atom is -0.516 e. The summed E-state index contributed by atoms with van der Waals surface area (Å²) in [6, 6.07) is 3.92. The predicted octanol–water partition coefficient (Wildman–Crippen LogP) is 3.26. The van der Waals surface area contributed by atoms with Crippen LogP contribution >= 0.6 is 0 Å². The van der Waals surface area contributed by atoms with E-state index in [1.807, 2.05) is 33.9 Å². The lowest BCUT2D eigenvalue weighted by molar-refractivity contribution is 0.0712. The zero-order valence-electron chi connectivity index (χ0n) is 11.4. The molecule has 1 rings (SSSR count). The van der Waals surface area contributed by atoms with Gasteiger partial charge in [-0.05, 0) is 36.3 Å². The van der Waals surface area contributed by atoms with Gasteiger partial charge in [-0.3, -0.25) is 0 Å². The number of carbonyl (C=O) groups excluding carboxylic acids is 1. The van der Waals surface area contributed by atoms with Gasteiger partial charge in [0.2, 0.25) is 0 Å². The zero-order chi connectivity index (χ0) is 14.1. The minimum absolute atomic E-state index is 0.0678. The highest BCUT2D eigenvalue weighted by Gasteiger charge is 2.40. The third-order valence-electron chi connectivity index (χ3n) is 3.37. The summed E-state index contributed by atoms with van der Waals surface area (Å²) >= 11 is 0. The molecule has 0 unspecified atom stereocenters. The first-order valence-corrected chi connectivity index (χ1v) is 8.71. The van der Waals surface area contributed by atoms with Gasteiger partial charge in [-0.2, -0.15) is 0 Å². The molecule has 100 valence electrons. The Morgan fingerprint density at radius 3 is 2.17 bits per heavy atom. The van der Waals surface area contributed by atoms with Gasteiger partial charge in [-0.15, -0.1) is 0 Å². The highest BCUT2D eigenvalue weighted by Crippen LogP contribution is 2.37. The van der Waals surface area contributed by atoms with Crippen molar-refractivity contribution in [2.75, 3.05) is 0 Å². The molecule has 0 heterocycles. The van der Waals surface area contributed by atoms with Crippen molar-refractivity contribution in [1.29, 1.82) is 0 Å². The number of hydrogen-bond acceptors (Lipinski definition) is 4. The van der Waals surface area contributed by atoms with E-state index in [2.05, 4.69) is 0 Å². The molecule has 5 heteroatoms. The average Bonchev–Trinajstić information content (AvgIpc) is 2.19. The Bertz CT molecular complexity index is 461. The zero-order valence-corrected chi connectivity index (χ0v) is 12.4. The van der Waals surface area contributed by atoms with Gasteiger partial charge in [0, 0.05) is 0 Å². The highest BCUT2D eigenvalue weighted by atomic mass is 28.4. The molecule has 0 amide bonds. The molecule has 0 saturated carbocycles. The highest BCUT2D eigenvalue weighted by molar-refractivity contribution is 6.75. The lowest BCUT2D eigenvalue weighted by Gasteiger charge is -2.35. The number of aromatic hydroxyl groups is 2. The van der Waals surface area contributed by atoms with Crippen LogP contribution in [0.3, 0.4) is 0 Å². The van der Waals surface area contributed by atoms with Gasteiger partial charge in [0.25, 0.3) is 8.32 Å². The number of rotatable bonds is 2. The van der Waals surface area contributed by atoms with E-state index in [4.69, 9.17) is 4.43 Å². The van der Waals surface area contributed by atoms with E-state index in [0.717, 1.165) is 0 Å². The third kappa shape index (κ3) is 3.04. The fraction of sp³-hybridized carbons (Fsp3) is 0.462. The van der Waals surface area contributed by atoms with Crippen molar-refractivity contribution in [3.63, 3.8) is 0 Å². The summed E-state index contributed by atoms with van der Waals surface area (Å²) in [5.41, 5.74) is 0.245. The second-order valence-corrected chi connectivity index (χ2v) is 10.6. The standard InChI is InChI=1S/C13H20O4Si/c1-13(2,3)18(4,5)17-12(16)9-6-7-10(14)11(15)8-9/h6-8,14-15H,1-5H3. The Morgan fingerprint density at radius 1 is 1.17 bits per heavy atom. The molecule has 0 saturated heterocycles. The van der Waals surface area contributed by atoms with Gasteiger partial charge in [-0.25, -0.2) is 4.79 Å². The van der Waals surface area contributed by atoms with Crippen LogP contribution in [0.2, 0.25) is 18.1 Å². The smallest absolute Gasteiger partial charge is 0.324 e. The first-order valence-electron chi connectivity index (χ1n) is 5.80. The first-order chi connectivity index (χ1) is 8.04. The van der Waals surface area contributed by atoms with Crippen molar-refractivity contribution in [1.82, 2.24) is 0 Å². The third-order valence-corrected chi connectivity index (χ3v) is 7.67. The molecule has 0 aromatic heterocycles. The predicted molar refractivity (Wildman–Crippen MR) is 72.4 cm³/mol. The SMILES string of the molecule is CC(C)(C)[Si](C)(C)OC(=O)c1ccc(O)c(O)c1. The Balaban J connectivity index is 2.93. The molecule has 1 aromatic carbocycles. The molecule has 0 aliphatic rings. The van der Waals surface area contributed by atoms with E-state index in [1.165, 1.54) is 18.2 Å². The van der Waals surface area contributed by atoms with Gasteiger partial charge in [-0.1, -0.05) is 20.8 Å². The fourth-order valence-electron chi connectivity index (χ4n) is 1.09. The quantitative estimate of drug-likeness (QED) is 0.638. The average molecular weight is 268 g/mol. The van der Waals surface area contributed by atoms with Gasteiger partial charge < -0.3 is 14.6 Å². The molecule has 0 bridgehead atoms. The maximum absolute atomic E-state index is 12.0. The van der Waals surface area contributed by atoms with E-state index in [-0.39, 0.29) is 22.1 Å². The number of hydrogen-bond donors (Lipinski definition) is 2. The maximum atomic E-state index is 12.0. The summed E-state index contributed by atoms with van der Waals surface area (Å²) in [6.45, 7) is 10.1. The Kier molecular flexibility index (Phi) is 3.76. The summed E-state index contributed by atoms with van der Waals surface area (Å²) in [6.07, 6.45) is 0. The Morgan fingerprint density at radius 2 is 1.72 bits per heavy atom. The van der Waals surface area contributed by atoms with E-state index in [0.29, 0.717) is 0 Å². The van der Waals surface area contributed by atoms with Crippen LogP contribution in [0, 0.1) is 0 Å². The van der Waals surface area contributed by atoms with Crippen LogP contribution in [0.5, 0.6) is 11.5 Å². The van der Waals surface area contributed by atoms with Crippen LogP contribution in [0.25, 0.3) is 0 Å². The first kappa shape index (κ1) is 14.6. The molecular weight excluding hydrogens is 248 g/mol. The molecule has 4 nitrogen and oxygen atoms in total. The van der Waals surface area contributed by atoms with E-state index >= 15 is 0 Å². The monoisotopic (exact) mass is 268 g/mol. The summed E-state index contributed by atoms with van der Waals surface area (Å²) in [5.74, 6) is -1.03. The van der Waals surface area contributed by atoms with Crippen LogP contribution in [-0.4, -0.2) is 24.5 Å². The van der Waals surface area contributed by atoms with Gasteiger partial charge in [0.05, 0.1) is 5.56 Å².